The highest BCUT2D eigenvalue weighted by molar-refractivity contribution is 9.11. The molecule has 0 aliphatic heterocycles. The van der Waals surface area contributed by atoms with Gasteiger partial charge in [-0.3, -0.25) is 0 Å². The van der Waals surface area contributed by atoms with Crippen molar-refractivity contribution in [2.75, 3.05) is 6.61 Å². The fourth-order valence-corrected chi connectivity index (χ4v) is 2.90. The SMILES string of the molecule is Cc1cc([C@@H](N)C(C)(C)CO)sc1Br. The van der Waals surface area contributed by atoms with Gasteiger partial charge in [-0.05, 0) is 34.5 Å². The summed E-state index contributed by atoms with van der Waals surface area (Å²) in [5.41, 5.74) is 7.03. The van der Waals surface area contributed by atoms with Crippen molar-refractivity contribution < 1.29 is 5.11 Å². The molecule has 0 aromatic carbocycles. The van der Waals surface area contributed by atoms with E-state index in [9.17, 15) is 5.11 Å². The van der Waals surface area contributed by atoms with Crippen LogP contribution in [-0.2, 0) is 0 Å². The normalized spacial score (nSPS) is 14.4. The molecule has 1 atom stereocenters. The zero-order valence-electron chi connectivity index (χ0n) is 8.67. The molecule has 0 radical (unpaired) electrons. The number of aryl methyl sites for hydroxylation is 1. The first-order valence-corrected chi connectivity index (χ1v) is 6.11. The number of hydrogen-bond donors (Lipinski definition) is 2. The van der Waals surface area contributed by atoms with Gasteiger partial charge in [-0.1, -0.05) is 13.8 Å². The summed E-state index contributed by atoms with van der Waals surface area (Å²) in [4.78, 5) is 1.12. The Morgan fingerprint density at radius 1 is 1.64 bits per heavy atom. The Hall–Kier alpha value is 0.100. The van der Waals surface area contributed by atoms with Gasteiger partial charge in [-0.15, -0.1) is 11.3 Å². The van der Waals surface area contributed by atoms with Gasteiger partial charge < -0.3 is 10.8 Å². The third-order valence-electron chi connectivity index (χ3n) is 2.43. The minimum absolute atomic E-state index is 0.0999. The molecule has 1 aromatic rings. The van der Waals surface area contributed by atoms with Crippen LogP contribution < -0.4 is 5.73 Å². The summed E-state index contributed by atoms with van der Waals surface area (Å²) in [6.45, 7) is 6.09. The standard InChI is InChI=1S/C10H16BrNOS/c1-6-4-7(14-9(6)11)8(12)10(2,3)5-13/h4,8,13H,5,12H2,1-3H3/t8-/m1/s1. The molecule has 0 unspecified atom stereocenters. The Kier molecular flexibility index (Phi) is 3.75. The van der Waals surface area contributed by atoms with Crippen LogP contribution >= 0.6 is 27.3 Å². The highest BCUT2D eigenvalue weighted by Crippen LogP contribution is 2.37. The molecule has 1 rings (SSSR count). The highest BCUT2D eigenvalue weighted by atomic mass is 79.9. The molecule has 3 N–H and O–H groups in total. The van der Waals surface area contributed by atoms with E-state index in [1.807, 2.05) is 20.8 Å². The molecule has 0 saturated carbocycles. The lowest BCUT2D eigenvalue weighted by atomic mass is 9.85. The lowest BCUT2D eigenvalue weighted by Gasteiger charge is -2.28. The van der Waals surface area contributed by atoms with Crippen molar-refractivity contribution in [3.05, 3.63) is 20.3 Å². The summed E-state index contributed by atoms with van der Waals surface area (Å²) in [5, 5.41) is 9.21. The van der Waals surface area contributed by atoms with Crippen molar-refractivity contribution in [3.8, 4) is 0 Å². The van der Waals surface area contributed by atoms with Crippen molar-refractivity contribution in [2.45, 2.75) is 26.8 Å². The topological polar surface area (TPSA) is 46.2 Å². The molecule has 0 aliphatic rings. The van der Waals surface area contributed by atoms with Crippen molar-refractivity contribution in [1.29, 1.82) is 0 Å². The maximum atomic E-state index is 9.21. The number of aliphatic hydroxyl groups is 1. The molecule has 80 valence electrons. The van der Waals surface area contributed by atoms with Crippen molar-refractivity contribution >= 4 is 27.3 Å². The fraction of sp³-hybridized carbons (Fsp3) is 0.600. The second-order valence-electron chi connectivity index (χ2n) is 4.23. The van der Waals surface area contributed by atoms with E-state index in [1.54, 1.807) is 11.3 Å². The van der Waals surface area contributed by atoms with Gasteiger partial charge in [0.05, 0.1) is 10.4 Å². The molecule has 1 heterocycles. The number of hydrogen-bond acceptors (Lipinski definition) is 3. The zero-order chi connectivity index (χ0) is 10.9. The van der Waals surface area contributed by atoms with Gasteiger partial charge in [0.1, 0.15) is 0 Å². The molecule has 0 bridgehead atoms. The smallest absolute Gasteiger partial charge is 0.0731 e. The van der Waals surface area contributed by atoms with Crippen LogP contribution in [0.1, 0.15) is 30.3 Å². The van der Waals surface area contributed by atoms with Gasteiger partial charge in [0.25, 0.3) is 0 Å². The molecule has 4 heteroatoms. The predicted molar refractivity (Wildman–Crippen MR) is 64.6 cm³/mol. The predicted octanol–water partition coefficient (Wildman–Crippen LogP) is 2.84. The summed E-state index contributed by atoms with van der Waals surface area (Å²) in [6, 6.07) is 1.97. The number of aliphatic hydroxyl groups excluding tert-OH is 1. The van der Waals surface area contributed by atoms with Gasteiger partial charge in [0, 0.05) is 16.3 Å². The lowest BCUT2D eigenvalue weighted by Crippen LogP contribution is -2.31. The minimum Gasteiger partial charge on any atom is -0.396 e. The monoisotopic (exact) mass is 277 g/mol. The largest absolute Gasteiger partial charge is 0.396 e. The molecule has 14 heavy (non-hydrogen) atoms. The van der Waals surface area contributed by atoms with E-state index in [4.69, 9.17) is 5.73 Å². The van der Waals surface area contributed by atoms with E-state index in [0.717, 1.165) is 8.66 Å². The molecule has 0 fully saturated rings. The van der Waals surface area contributed by atoms with E-state index in [0.29, 0.717) is 0 Å². The molecular weight excluding hydrogens is 262 g/mol. The molecule has 1 aromatic heterocycles. The summed E-state index contributed by atoms with van der Waals surface area (Å²) in [5.74, 6) is 0. The van der Waals surface area contributed by atoms with Gasteiger partial charge in [0.15, 0.2) is 0 Å². The third-order valence-corrected chi connectivity index (χ3v) is 4.65. The van der Waals surface area contributed by atoms with E-state index < -0.39 is 0 Å². The quantitative estimate of drug-likeness (QED) is 0.893. The molecule has 0 spiro atoms. The minimum atomic E-state index is -0.267. The van der Waals surface area contributed by atoms with E-state index >= 15 is 0 Å². The second-order valence-corrected chi connectivity index (χ2v) is 6.63. The Labute approximate surface area is 97.3 Å². The van der Waals surface area contributed by atoms with Crippen molar-refractivity contribution in [3.63, 3.8) is 0 Å². The molecule has 0 saturated heterocycles. The number of nitrogens with two attached hydrogens (primary N) is 1. The van der Waals surface area contributed by atoms with Crippen LogP contribution in [0.5, 0.6) is 0 Å². The van der Waals surface area contributed by atoms with Crippen LogP contribution in [0, 0.1) is 12.3 Å². The highest BCUT2D eigenvalue weighted by Gasteiger charge is 2.28. The van der Waals surface area contributed by atoms with Crippen molar-refractivity contribution in [1.82, 2.24) is 0 Å². The summed E-state index contributed by atoms with van der Waals surface area (Å²) in [6.07, 6.45) is 0. The first kappa shape index (κ1) is 12.2. The van der Waals surface area contributed by atoms with Crippen LogP contribution in [0.3, 0.4) is 0 Å². The van der Waals surface area contributed by atoms with E-state index in [2.05, 4.69) is 22.0 Å². The third kappa shape index (κ3) is 2.37. The first-order chi connectivity index (χ1) is 6.38. The first-order valence-electron chi connectivity index (χ1n) is 4.51. The Bertz CT molecular complexity index is 302. The van der Waals surface area contributed by atoms with Crippen molar-refractivity contribution in [2.24, 2.45) is 11.1 Å². The summed E-state index contributed by atoms with van der Waals surface area (Å²) >= 11 is 5.12. The fourth-order valence-electron chi connectivity index (χ4n) is 1.12. The summed E-state index contributed by atoms with van der Waals surface area (Å²) in [7, 11) is 0. The maximum Gasteiger partial charge on any atom is 0.0731 e. The lowest BCUT2D eigenvalue weighted by molar-refractivity contribution is 0.133. The number of thiophene rings is 1. The average molecular weight is 278 g/mol. The Morgan fingerprint density at radius 3 is 2.57 bits per heavy atom. The zero-order valence-corrected chi connectivity index (χ0v) is 11.1. The van der Waals surface area contributed by atoms with Crippen LogP contribution in [0.4, 0.5) is 0 Å². The van der Waals surface area contributed by atoms with Gasteiger partial charge in [-0.2, -0.15) is 0 Å². The Morgan fingerprint density at radius 2 is 2.21 bits per heavy atom. The van der Waals surface area contributed by atoms with E-state index in [-0.39, 0.29) is 18.1 Å². The number of rotatable bonds is 3. The Balaban J connectivity index is 2.94. The van der Waals surface area contributed by atoms with Gasteiger partial charge in [0.2, 0.25) is 0 Å². The van der Waals surface area contributed by atoms with Gasteiger partial charge in [-0.25, -0.2) is 0 Å². The van der Waals surface area contributed by atoms with Crippen LogP contribution in [0.15, 0.2) is 9.85 Å². The summed E-state index contributed by atoms with van der Waals surface area (Å²) < 4.78 is 1.12. The van der Waals surface area contributed by atoms with Crippen LogP contribution in [0.2, 0.25) is 0 Å². The number of halogens is 1. The van der Waals surface area contributed by atoms with Crippen LogP contribution in [-0.4, -0.2) is 11.7 Å². The molecular formula is C10H16BrNOS. The molecule has 2 nitrogen and oxygen atoms in total. The second kappa shape index (κ2) is 4.31. The van der Waals surface area contributed by atoms with Crippen LogP contribution in [0.25, 0.3) is 0 Å². The van der Waals surface area contributed by atoms with Gasteiger partial charge >= 0.3 is 0 Å². The molecule has 0 aliphatic carbocycles. The molecule has 0 amide bonds. The van der Waals surface area contributed by atoms with E-state index in [1.165, 1.54) is 5.56 Å². The maximum absolute atomic E-state index is 9.21. The average Bonchev–Trinajstić information content (AvgIpc) is 2.45.